The van der Waals surface area contributed by atoms with E-state index in [1.165, 1.54) is 4.31 Å². The summed E-state index contributed by atoms with van der Waals surface area (Å²) in [7, 11) is -3.63. The molecule has 1 aliphatic heterocycles. The number of sulfonamides is 1. The monoisotopic (exact) mass is 373 g/mol. The molecule has 138 valence electrons. The number of rotatable bonds is 4. The third-order valence-corrected chi connectivity index (χ3v) is 7.28. The number of piperidine rings is 1. The van der Waals surface area contributed by atoms with Crippen LogP contribution in [0, 0.1) is 12.8 Å². The maximum absolute atomic E-state index is 12.9. The lowest BCUT2D eigenvalue weighted by Crippen LogP contribution is -2.54. The molecule has 0 bridgehead atoms. The van der Waals surface area contributed by atoms with Crippen molar-refractivity contribution in [2.45, 2.75) is 30.6 Å². The molecule has 0 amide bonds. The zero-order valence-electron chi connectivity index (χ0n) is 14.9. The zero-order chi connectivity index (χ0) is 18.9. The van der Waals surface area contributed by atoms with E-state index in [9.17, 15) is 18.3 Å². The topological polar surface area (TPSA) is 74.7 Å². The number of benzene rings is 2. The van der Waals surface area contributed by atoms with Crippen LogP contribution < -0.4 is 0 Å². The van der Waals surface area contributed by atoms with Gasteiger partial charge in [0.1, 0.15) is 0 Å². The molecule has 0 aliphatic carbocycles. The number of hydrogen-bond acceptors (Lipinski definition) is 3. The van der Waals surface area contributed by atoms with Crippen LogP contribution in [0.3, 0.4) is 0 Å². The van der Waals surface area contributed by atoms with Gasteiger partial charge >= 0.3 is 5.97 Å². The second-order valence-electron chi connectivity index (χ2n) is 6.97. The highest BCUT2D eigenvalue weighted by Crippen LogP contribution is 2.41. The van der Waals surface area contributed by atoms with Crippen molar-refractivity contribution in [2.24, 2.45) is 5.92 Å². The standard InChI is InChI=1S/C20H23NO4S/c1-15-8-10-18(11-9-15)26(24,25)21-13-12-20(19(22)23,16(2)14-21)17-6-4-3-5-7-17/h3-11,16H,12-14H2,1-2H3,(H,22,23)/t16-,20-/m0/s1. The van der Waals surface area contributed by atoms with E-state index in [1.54, 1.807) is 24.3 Å². The summed E-state index contributed by atoms with van der Waals surface area (Å²) in [5, 5.41) is 9.98. The molecule has 6 heteroatoms. The van der Waals surface area contributed by atoms with Gasteiger partial charge in [-0.05, 0) is 37.0 Å². The number of carboxylic acids is 1. The molecule has 1 heterocycles. The van der Waals surface area contributed by atoms with Crippen molar-refractivity contribution in [3.63, 3.8) is 0 Å². The Morgan fingerprint density at radius 3 is 2.27 bits per heavy atom. The Labute approximate surface area is 154 Å². The lowest BCUT2D eigenvalue weighted by Gasteiger charge is -2.43. The smallest absolute Gasteiger partial charge is 0.314 e. The Balaban J connectivity index is 1.92. The largest absolute Gasteiger partial charge is 0.481 e. The first kappa shape index (κ1) is 18.6. The summed E-state index contributed by atoms with van der Waals surface area (Å²) in [5.74, 6) is -1.25. The Morgan fingerprint density at radius 2 is 1.73 bits per heavy atom. The highest BCUT2D eigenvalue weighted by molar-refractivity contribution is 7.89. The first-order valence-electron chi connectivity index (χ1n) is 8.64. The molecule has 5 nitrogen and oxygen atoms in total. The maximum Gasteiger partial charge on any atom is 0.314 e. The quantitative estimate of drug-likeness (QED) is 0.894. The van der Waals surface area contributed by atoms with Crippen LogP contribution in [0.15, 0.2) is 59.5 Å². The third kappa shape index (κ3) is 3.04. The van der Waals surface area contributed by atoms with Crippen LogP contribution in [0.1, 0.15) is 24.5 Å². The van der Waals surface area contributed by atoms with Gasteiger partial charge in [0.2, 0.25) is 10.0 Å². The summed E-state index contributed by atoms with van der Waals surface area (Å²) in [4.78, 5) is 12.4. The maximum atomic E-state index is 12.9. The van der Waals surface area contributed by atoms with Crippen molar-refractivity contribution in [2.75, 3.05) is 13.1 Å². The Morgan fingerprint density at radius 1 is 1.12 bits per heavy atom. The van der Waals surface area contributed by atoms with E-state index >= 15 is 0 Å². The number of hydrogen-bond donors (Lipinski definition) is 1. The second kappa shape index (κ2) is 6.85. The average Bonchev–Trinajstić information content (AvgIpc) is 2.62. The molecule has 0 unspecified atom stereocenters. The summed E-state index contributed by atoms with van der Waals surface area (Å²) < 4.78 is 27.3. The average molecular weight is 373 g/mol. The molecule has 0 spiro atoms. The first-order chi connectivity index (χ1) is 12.3. The highest BCUT2D eigenvalue weighted by atomic mass is 32.2. The molecule has 0 aromatic heterocycles. The van der Waals surface area contributed by atoms with Crippen molar-refractivity contribution < 1.29 is 18.3 Å². The molecule has 26 heavy (non-hydrogen) atoms. The zero-order valence-corrected chi connectivity index (χ0v) is 15.7. The van der Waals surface area contributed by atoms with Crippen molar-refractivity contribution in [1.29, 1.82) is 0 Å². The van der Waals surface area contributed by atoms with Gasteiger partial charge in [0.25, 0.3) is 0 Å². The van der Waals surface area contributed by atoms with Gasteiger partial charge in [-0.15, -0.1) is 0 Å². The summed E-state index contributed by atoms with van der Waals surface area (Å²) in [6.07, 6.45) is 0.249. The molecule has 0 saturated carbocycles. The van der Waals surface area contributed by atoms with Crippen LogP contribution >= 0.6 is 0 Å². The van der Waals surface area contributed by atoms with Gasteiger partial charge in [0.15, 0.2) is 0 Å². The number of carbonyl (C=O) groups is 1. The molecule has 1 saturated heterocycles. The van der Waals surface area contributed by atoms with Crippen molar-refractivity contribution >= 4 is 16.0 Å². The summed E-state index contributed by atoms with van der Waals surface area (Å²) >= 11 is 0. The first-order valence-corrected chi connectivity index (χ1v) is 10.1. The van der Waals surface area contributed by atoms with Gasteiger partial charge in [0, 0.05) is 13.1 Å². The van der Waals surface area contributed by atoms with Gasteiger partial charge in [-0.25, -0.2) is 8.42 Å². The normalized spacial score (nSPS) is 24.3. The predicted molar refractivity (Wildman–Crippen MR) is 99.5 cm³/mol. The van der Waals surface area contributed by atoms with Crippen LogP contribution in [-0.4, -0.2) is 36.9 Å². The van der Waals surface area contributed by atoms with Gasteiger partial charge in [0.05, 0.1) is 10.3 Å². The Kier molecular flexibility index (Phi) is 4.90. The molecule has 2 aromatic rings. The fourth-order valence-electron chi connectivity index (χ4n) is 3.78. The van der Waals surface area contributed by atoms with Crippen molar-refractivity contribution in [3.8, 4) is 0 Å². The lowest BCUT2D eigenvalue weighted by molar-refractivity contribution is -0.148. The van der Waals surface area contributed by atoms with Crippen LogP contribution in [0.4, 0.5) is 0 Å². The fourth-order valence-corrected chi connectivity index (χ4v) is 5.31. The second-order valence-corrected chi connectivity index (χ2v) is 8.91. The molecule has 0 radical (unpaired) electrons. The van der Waals surface area contributed by atoms with E-state index in [2.05, 4.69) is 0 Å². The van der Waals surface area contributed by atoms with E-state index in [-0.39, 0.29) is 30.3 Å². The van der Waals surface area contributed by atoms with Crippen molar-refractivity contribution in [1.82, 2.24) is 4.31 Å². The number of aryl methyl sites for hydroxylation is 1. The minimum atomic E-state index is -3.63. The summed E-state index contributed by atoms with van der Waals surface area (Å²) in [6, 6.07) is 15.9. The van der Waals surface area contributed by atoms with E-state index in [0.29, 0.717) is 0 Å². The third-order valence-electron chi connectivity index (χ3n) is 5.40. The van der Waals surface area contributed by atoms with Gasteiger partial charge < -0.3 is 5.11 Å². The summed E-state index contributed by atoms with van der Waals surface area (Å²) in [6.45, 7) is 4.08. The van der Waals surface area contributed by atoms with Crippen LogP contribution in [-0.2, 0) is 20.2 Å². The molecule has 2 aromatic carbocycles. The molecule has 1 aliphatic rings. The Bertz CT molecular complexity index is 893. The molecule has 2 atom stereocenters. The molecule has 1 fully saturated rings. The minimum absolute atomic E-state index is 0.178. The molecule has 3 rings (SSSR count). The van der Waals surface area contributed by atoms with Crippen LogP contribution in [0.5, 0.6) is 0 Å². The predicted octanol–water partition coefficient (Wildman–Crippen LogP) is 3.05. The lowest BCUT2D eigenvalue weighted by atomic mass is 9.67. The molecule has 1 N–H and O–H groups in total. The van der Waals surface area contributed by atoms with Crippen molar-refractivity contribution in [3.05, 3.63) is 65.7 Å². The van der Waals surface area contributed by atoms with Crippen LogP contribution in [0.2, 0.25) is 0 Å². The van der Waals surface area contributed by atoms with E-state index in [0.717, 1.165) is 11.1 Å². The van der Waals surface area contributed by atoms with Gasteiger partial charge in [-0.3, -0.25) is 4.79 Å². The van der Waals surface area contributed by atoms with Crippen LogP contribution in [0.25, 0.3) is 0 Å². The number of nitrogens with zero attached hydrogens (tertiary/aromatic N) is 1. The number of carboxylic acid groups (broad SMARTS) is 1. The van der Waals surface area contributed by atoms with E-state index in [1.807, 2.05) is 44.2 Å². The summed E-state index contributed by atoms with van der Waals surface area (Å²) in [5.41, 5.74) is 0.651. The van der Waals surface area contributed by atoms with E-state index < -0.39 is 21.4 Å². The van der Waals surface area contributed by atoms with Gasteiger partial charge in [-0.2, -0.15) is 4.31 Å². The Hall–Kier alpha value is -2.18. The minimum Gasteiger partial charge on any atom is -0.481 e. The van der Waals surface area contributed by atoms with E-state index in [4.69, 9.17) is 0 Å². The molecular weight excluding hydrogens is 350 g/mol. The van der Waals surface area contributed by atoms with Gasteiger partial charge in [-0.1, -0.05) is 55.0 Å². The number of aliphatic carboxylic acids is 1. The highest BCUT2D eigenvalue weighted by Gasteiger charge is 2.50. The fraction of sp³-hybridized carbons (Fsp3) is 0.350. The molecular formula is C20H23NO4S. The SMILES string of the molecule is Cc1ccc(S(=O)(=O)N2CC[C@@](C(=O)O)(c3ccccc3)[C@@H](C)C2)cc1.